The maximum absolute atomic E-state index is 14.4. The van der Waals surface area contributed by atoms with Gasteiger partial charge in [0.1, 0.15) is 6.29 Å². The second-order valence-corrected chi connectivity index (χ2v) is 28.8. The number of hydrogen-bond acceptors (Lipinski definition) is 14. The van der Waals surface area contributed by atoms with Crippen molar-refractivity contribution in [3.8, 4) is 0 Å². The molecule has 3 atom stereocenters. The number of likely N-dealkylation sites (tertiary alicyclic amines) is 3. The molecule has 0 spiro atoms. The molecule has 3 fully saturated rings. The number of amides is 3. The summed E-state index contributed by atoms with van der Waals surface area (Å²) in [6.45, 7) is 15.6. The molecule has 3 aliphatic heterocycles. The molecule has 1 N–H and O–H groups in total. The number of benzene rings is 2. The van der Waals surface area contributed by atoms with Gasteiger partial charge in [0.05, 0.1) is 61.7 Å². The second-order valence-electron chi connectivity index (χ2n) is 24.5. The van der Waals surface area contributed by atoms with E-state index in [1.165, 1.54) is 67.9 Å². The van der Waals surface area contributed by atoms with Crippen molar-refractivity contribution in [1.82, 2.24) is 14.7 Å². The van der Waals surface area contributed by atoms with Crippen molar-refractivity contribution in [3.05, 3.63) is 83.9 Å². The zero-order valence-corrected chi connectivity index (χ0v) is 58.4. The molecule has 0 unspecified atom stereocenters. The van der Waals surface area contributed by atoms with Gasteiger partial charge in [-0.25, -0.2) is 0 Å². The van der Waals surface area contributed by atoms with Crippen LogP contribution in [0.5, 0.6) is 0 Å². The second kappa shape index (κ2) is 49.1. The normalized spacial score (nSPS) is 16.7. The molecule has 5 rings (SSSR count). The summed E-state index contributed by atoms with van der Waals surface area (Å²) in [5.74, 6) is -9.95. The first-order chi connectivity index (χ1) is 43.9. The van der Waals surface area contributed by atoms with Crippen LogP contribution in [0.1, 0.15) is 214 Å². The summed E-state index contributed by atoms with van der Waals surface area (Å²) in [6.07, 6.45) is 20.6. The fourth-order valence-electron chi connectivity index (χ4n) is 10.3. The lowest BCUT2D eigenvalue weighted by Crippen LogP contribution is -2.45. The van der Waals surface area contributed by atoms with Crippen molar-refractivity contribution in [1.29, 1.82) is 0 Å². The zero-order valence-electron chi connectivity index (χ0n) is 56.0. The van der Waals surface area contributed by atoms with E-state index in [9.17, 15) is 70.4 Å². The summed E-state index contributed by atoms with van der Waals surface area (Å²) < 4.78 is 82.6. The molecule has 0 bridgehead atoms. The Morgan fingerprint density at radius 1 is 0.564 bits per heavy atom. The van der Waals surface area contributed by atoms with Crippen molar-refractivity contribution in [2.45, 2.75) is 251 Å². The van der Waals surface area contributed by atoms with Crippen molar-refractivity contribution >= 4 is 83.8 Å². The van der Waals surface area contributed by atoms with Gasteiger partial charge in [-0.3, -0.25) is 38.4 Å². The average molecular weight is 1390 g/mol. The molecule has 2 aromatic rings. The quantitative estimate of drug-likeness (QED) is 0.0100. The van der Waals surface area contributed by atoms with E-state index in [-0.39, 0.29) is 103 Å². The molecule has 0 saturated carbocycles. The largest absolute Gasteiger partial charge is 0.463 e. The molecule has 2 aromatic carbocycles. The number of aliphatic hydroxyl groups is 1. The summed E-state index contributed by atoms with van der Waals surface area (Å²) in [7, 11) is -2.77. The van der Waals surface area contributed by atoms with Crippen LogP contribution in [-0.2, 0) is 73.8 Å². The predicted molar refractivity (Wildman–Crippen MR) is 362 cm³/mol. The van der Waals surface area contributed by atoms with E-state index >= 15 is 0 Å². The summed E-state index contributed by atoms with van der Waals surface area (Å²) in [6, 6.07) is 13.3. The Labute approximate surface area is 566 Å². The Bertz CT molecular complexity index is 2610. The number of carbonyl (C=O) groups excluding carboxylic acids is 9. The van der Waals surface area contributed by atoms with Crippen LogP contribution in [0.25, 0.3) is 0 Å². The molecular weight excluding hydrogens is 1280 g/mol. The Hall–Kier alpha value is -5.50. The minimum Gasteiger partial charge on any atom is -0.463 e. The van der Waals surface area contributed by atoms with Crippen LogP contribution in [0.2, 0.25) is 0 Å². The van der Waals surface area contributed by atoms with Crippen LogP contribution >= 0.6 is 30.3 Å². The number of piperidine rings is 3. The standard InChI is InChI=1S/C25H33F2NO4.C16H29NO4.C16H27NO4.C11H13F2O2P.CH2Cl2.CH4/c1-19(2)32-24(31)15-8-3-4-9-18-28-21(13-10-14-23(28)30)16-17-22(29)25(26,27)20-11-6-5-7-12-20;2*1-13(2)21-16(20)10-5-3-4-6-11-17-14(12-18)8-7-9-15(17)19;1-16(2,15)8-10(14)11(12,13)9-6-4-3-5-7-9;2-1-3;/h5-7,11-12,16-17,19,21H,3-4,8-10,13-15,18H2,1-2H3;13-14,18H,3-12H2,1-2H3;12-14H,3-11H2,1-2H3;3-7H,8H2,1-2H3;1H2;1H4/b17-16+;;;;;/t21-;2*14-;;;/m111.../s1. The third-order valence-corrected chi connectivity index (χ3v) is 15.9. The van der Waals surface area contributed by atoms with Crippen LogP contribution in [0.3, 0.4) is 0 Å². The van der Waals surface area contributed by atoms with Crippen LogP contribution in [0.15, 0.2) is 72.8 Å². The van der Waals surface area contributed by atoms with E-state index in [1.807, 2.05) is 46.4 Å². The molecule has 3 heterocycles. The van der Waals surface area contributed by atoms with Crippen LogP contribution in [0, 0.1) is 0 Å². The Morgan fingerprint density at radius 3 is 1.28 bits per heavy atom. The number of unbranched alkanes of at least 4 members (excludes halogenated alkanes) is 9. The van der Waals surface area contributed by atoms with Gasteiger partial charge in [0.25, 0.3) is 0 Å². The number of halogens is 6. The van der Waals surface area contributed by atoms with E-state index in [2.05, 4.69) is 0 Å². The number of carbonyl (C=O) groups is 9. The number of ether oxygens (including phenoxy) is 3. The number of nitrogens with zero attached hydrogens (tertiary/aromatic N) is 3. The van der Waals surface area contributed by atoms with E-state index < -0.39 is 36.7 Å². The molecule has 0 aliphatic carbocycles. The van der Waals surface area contributed by atoms with E-state index in [4.69, 9.17) is 37.4 Å². The lowest BCUT2D eigenvalue weighted by molar-refractivity contribution is -0.148. The van der Waals surface area contributed by atoms with Crippen LogP contribution in [-0.4, -0.2) is 161 Å². The lowest BCUT2D eigenvalue weighted by atomic mass is 9.98. The highest BCUT2D eigenvalue weighted by molar-refractivity contribution is 7.63. The van der Waals surface area contributed by atoms with E-state index in [0.29, 0.717) is 64.5 Å². The molecule has 3 saturated heterocycles. The SMILES string of the molecule is C.CC(C)OC(=O)CCCCCCN1C(=O)CCC[C@@H]1/C=C/C(=O)C(F)(F)c1ccccc1.CC(C)OC(=O)CCCCCCN1C(=O)CCC[C@@H]1C=O.CC(C)OC(=O)CCCCCCN1C(=O)CCC[C@@H]1CO.CP(C)(=O)CC(=O)C(F)(F)c1ccccc1.ClCCl. The number of Topliss-reactive ketones (excluding diaryl/α,β-unsaturated/α-hetero) is 1. The van der Waals surface area contributed by atoms with Gasteiger partial charge in [-0.05, 0) is 138 Å². The molecule has 3 aliphatic rings. The molecule has 3 amide bonds. The molecular formula is C70H108Cl2F4N3O14P. The predicted octanol–water partition coefficient (Wildman–Crippen LogP) is 14.9. The number of rotatable bonds is 34. The van der Waals surface area contributed by atoms with Gasteiger partial charge in [0.2, 0.25) is 29.3 Å². The van der Waals surface area contributed by atoms with Gasteiger partial charge < -0.3 is 43.4 Å². The number of alkyl halides is 6. The zero-order chi connectivity index (χ0) is 70.0. The van der Waals surface area contributed by atoms with Gasteiger partial charge in [0, 0.05) is 69.3 Å². The fourth-order valence-corrected chi connectivity index (χ4v) is 11.2. The monoisotopic (exact) mass is 1390 g/mol. The highest BCUT2D eigenvalue weighted by Gasteiger charge is 2.42. The Balaban J connectivity index is 0.00000124. The van der Waals surface area contributed by atoms with E-state index in [1.54, 1.807) is 21.9 Å². The highest BCUT2D eigenvalue weighted by atomic mass is 35.5. The third kappa shape index (κ3) is 37.7. The minimum atomic E-state index is -3.60. The van der Waals surface area contributed by atoms with Gasteiger partial charge >= 0.3 is 29.8 Å². The number of esters is 3. The van der Waals surface area contributed by atoms with Crippen molar-refractivity contribution < 1.29 is 84.6 Å². The molecule has 24 heteroatoms. The maximum Gasteiger partial charge on any atom is 0.334 e. The topological polar surface area (TPSA) is 228 Å². The first kappa shape index (κ1) is 88.5. The number of allylic oxidation sites excluding steroid dienone is 1. The first-order valence-corrected chi connectivity index (χ1v) is 36.6. The lowest BCUT2D eigenvalue weighted by Gasteiger charge is -2.34. The van der Waals surface area contributed by atoms with Crippen LogP contribution in [0.4, 0.5) is 17.6 Å². The van der Waals surface area contributed by atoms with Crippen molar-refractivity contribution in [2.75, 3.05) is 51.1 Å². The Kier molecular flexibility index (Phi) is 46.2. The molecule has 94 heavy (non-hydrogen) atoms. The third-order valence-electron chi connectivity index (χ3n) is 14.9. The molecule has 534 valence electrons. The van der Waals surface area contributed by atoms with Gasteiger partial charge in [-0.15, -0.1) is 23.2 Å². The maximum atomic E-state index is 14.4. The van der Waals surface area contributed by atoms with Crippen molar-refractivity contribution in [2.24, 2.45) is 0 Å². The number of hydrogen-bond donors (Lipinski definition) is 1. The smallest absolute Gasteiger partial charge is 0.334 e. The summed E-state index contributed by atoms with van der Waals surface area (Å²) in [4.78, 5) is 110. The number of aldehydes is 1. The fraction of sp³-hybridized carbons (Fsp3) is 0.671. The average Bonchev–Trinajstić information content (AvgIpc) is 0.861. The molecule has 0 aromatic heterocycles. The van der Waals surface area contributed by atoms with E-state index in [0.717, 1.165) is 122 Å². The summed E-state index contributed by atoms with van der Waals surface area (Å²) >= 11 is 9.53. The molecule has 17 nitrogen and oxygen atoms in total. The summed E-state index contributed by atoms with van der Waals surface area (Å²) in [5, 5.41) is 9.50. The van der Waals surface area contributed by atoms with Crippen LogP contribution < -0.4 is 0 Å². The Morgan fingerprint density at radius 2 is 0.904 bits per heavy atom. The number of aliphatic hydroxyl groups excluding tert-OH is 1. The van der Waals surface area contributed by atoms with Gasteiger partial charge in [-0.1, -0.05) is 113 Å². The molecule has 0 radical (unpaired) electrons. The van der Waals surface area contributed by atoms with Crippen molar-refractivity contribution in [3.63, 3.8) is 0 Å². The van der Waals surface area contributed by atoms with Gasteiger partial charge in [0.15, 0.2) is 0 Å². The van der Waals surface area contributed by atoms with Gasteiger partial charge in [-0.2, -0.15) is 17.6 Å². The first-order valence-electron chi connectivity index (χ1n) is 32.8. The highest BCUT2D eigenvalue weighted by Crippen LogP contribution is 2.40. The summed E-state index contributed by atoms with van der Waals surface area (Å²) in [5.41, 5.74) is -0.697. The minimum absolute atomic E-state index is 0. The number of ketones is 2.